The summed E-state index contributed by atoms with van der Waals surface area (Å²) in [5.41, 5.74) is 4.23. The molecule has 1 aromatic heterocycles. The normalized spacial score (nSPS) is 10.1. The number of carbonyl (C=O) groups excluding carboxylic acids is 2. The van der Waals surface area contributed by atoms with Crippen molar-refractivity contribution >= 4 is 17.5 Å². The van der Waals surface area contributed by atoms with Crippen molar-refractivity contribution in [3.8, 4) is 0 Å². The summed E-state index contributed by atoms with van der Waals surface area (Å²) >= 11 is 0. The van der Waals surface area contributed by atoms with Gasteiger partial charge in [0.25, 0.3) is 11.8 Å². The summed E-state index contributed by atoms with van der Waals surface area (Å²) in [6.45, 7) is 0. The monoisotopic (exact) mass is 307 g/mol. The number of aromatic nitrogens is 3. The van der Waals surface area contributed by atoms with E-state index >= 15 is 0 Å². The molecule has 0 saturated heterocycles. The summed E-state index contributed by atoms with van der Waals surface area (Å²) < 4.78 is 1.35. The minimum Gasteiger partial charge on any atom is -0.322 e. The van der Waals surface area contributed by atoms with Gasteiger partial charge < -0.3 is 5.32 Å². The second-order valence-electron chi connectivity index (χ2n) is 4.71. The van der Waals surface area contributed by atoms with E-state index in [1.54, 1.807) is 48.5 Å². The standard InChI is InChI=1S/C16H13N5O2/c22-15(12-4-2-1-3-5-12)19-14-8-6-13(7-9-14)16(23)20-21-10-17-18-11-21/h1-11H,(H,19,22)(H,20,23). The highest BCUT2D eigenvalue weighted by Crippen LogP contribution is 2.11. The van der Waals surface area contributed by atoms with E-state index in [1.165, 1.54) is 17.3 Å². The van der Waals surface area contributed by atoms with Crippen LogP contribution in [0.5, 0.6) is 0 Å². The Bertz CT molecular complexity index is 798. The van der Waals surface area contributed by atoms with Gasteiger partial charge >= 0.3 is 0 Å². The molecular formula is C16H13N5O2. The lowest BCUT2D eigenvalue weighted by atomic mass is 10.1. The molecule has 7 heteroatoms. The van der Waals surface area contributed by atoms with Gasteiger partial charge in [-0.2, -0.15) is 0 Å². The Morgan fingerprint density at radius 1 is 0.783 bits per heavy atom. The Kier molecular flexibility index (Phi) is 4.10. The molecule has 3 rings (SSSR count). The van der Waals surface area contributed by atoms with Gasteiger partial charge in [0.1, 0.15) is 12.7 Å². The predicted molar refractivity (Wildman–Crippen MR) is 84.6 cm³/mol. The van der Waals surface area contributed by atoms with E-state index in [0.717, 1.165) is 0 Å². The molecule has 2 N–H and O–H groups in total. The van der Waals surface area contributed by atoms with Crippen LogP contribution in [0.25, 0.3) is 0 Å². The first-order valence-corrected chi connectivity index (χ1v) is 6.85. The van der Waals surface area contributed by atoms with Gasteiger partial charge in [-0.15, -0.1) is 10.2 Å². The van der Waals surface area contributed by atoms with E-state index in [-0.39, 0.29) is 11.8 Å². The highest BCUT2D eigenvalue weighted by molar-refractivity contribution is 6.05. The number of nitrogens with zero attached hydrogens (tertiary/aromatic N) is 3. The molecule has 0 aliphatic carbocycles. The Labute approximate surface area is 131 Å². The molecule has 3 aromatic rings. The lowest BCUT2D eigenvalue weighted by Gasteiger charge is -2.07. The van der Waals surface area contributed by atoms with Crippen LogP contribution in [0.3, 0.4) is 0 Å². The second kappa shape index (κ2) is 6.52. The molecule has 114 valence electrons. The van der Waals surface area contributed by atoms with Crippen molar-refractivity contribution in [2.75, 3.05) is 10.7 Å². The maximum atomic E-state index is 12.0. The van der Waals surface area contributed by atoms with E-state index in [9.17, 15) is 9.59 Å². The van der Waals surface area contributed by atoms with Gasteiger partial charge in [0.15, 0.2) is 0 Å². The fraction of sp³-hybridized carbons (Fsp3) is 0. The smallest absolute Gasteiger partial charge is 0.270 e. The van der Waals surface area contributed by atoms with Crippen LogP contribution in [0.4, 0.5) is 5.69 Å². The zero-order valence-corrected chi connectivity index (χ0v) is 12.0. The molecule has 0 bridgehead atoms. The van der Waals surface area contributed by atoms with Crippen molar-refractivity contribution < 1.29 is 9.59 Å². The Morgan fingerprint density at radius 3 is 2.04 bits per heavy atom. The van der Waals surface area contributed by atoms with Crippen LogP contribution in [0.15, 0.2) is 67.3 Å². The van der Waals surface area contributed by atoms with E-state index in [0.29, 0.717) is 16.8 Å². The molecule has 0 aliphatic heterocycles. The zero-order valence-electron chi connectivity index (χ0n) is 12.0. The van der Waals surface area contributed by atoms with Crippen LogP contribution in [0, 0.1) is 0 Å². The Balaban J connectivity index is 1.65. The minimum atomic E-state index is -0.300. The molecule has 0 aliphatic rings. The number of nitrogens with one attached hydrogen (secondary N) is 2. The van der Waals surface area contributed by atoms with E-state index in [4.69, 9.17) is 0 Å². The molecule has 0 atom stereocenters. The third kappa shape index (κ3) is 3.59. The molecule has 0 unspecified atom stereocenters. The van der Waals surface area contributed by atoms with Gasteiger partial charge in [0.2, 0.25) is 0 Å². The topological polar surface area (TPSA) is 88.9 Å². The maximum Gasteiger partial charge on any atom is 0.270 e. The first kappa shape index (κ1) is 14.5. The lowest BCUT2D eigenvalue weighted by molar-refractivity contribution is 0.100. The number of anilines is 1. The molecule has 0 saturated carbocycles. The molecule has 7 nitrogen and oxygen atoms in total. The van der Waals surface area contributed by atoms with Crippen LogP contribution < -0.4 is 10.7 Å². The van der Waals surface area contributed by atoms with Gasteiger partial charge in [0.05, 0.1) is 0 Å². The van der Waals surface area contributed by atoms with Crippen LogP contribution >= 0.6 is 0 Å². The number of rotatable bonds is 4. The average Bonchev–Trinajstić information content (AvgIpc) is 3.09. The molecule has 0 fully saturated rings. The first-order chi connectivity index (χ1) is 11.2. The molecule has 23 heavy (non-hydrogen) atoms. The van der Waals surface area contributed by atoms with Crippen molar-refractivity contribution in [1.29, 1.82) is 0 Å². The van der Waals surface area contributed by atoms with E-state index < -0.39 is 0 Å². The Morgan fingerprint density at radius 2 is 1.39 bits per heavy atom. The molecular weight excluding hydrogens is 294 g/mol. The quantitative estimate of drug-likeness (QED) is 0.770. The first-order valence-electron chi connectivity index (χ1n) is 6.85. The van der Waals surface area contributed by atoms with Crippen molar-refractivity contribution in [2.24, 2.45) is 0 Å². The molecule has 0 radical (unpaired) electrons. The summed E-state index contributed by atoms with van der Waals surface area (Å²) in [6.07, 6.45) is 2.76. The van der Waals surface area contributed by atoms with E-state index in [2.05, 4.69) is 20.9 Å². The van der Waals surface area contributed by atoms with Crippen LogP contribution in [-0.4, -0.2) is 26.7 Å². The average molecular weight is 307 g/mol. The summed E-state index contributed by atoms with van der Waals surface area (Å²) in [7, 11) is 0. The number of benzene rings is 2. The zero-order chi connectivity index (χ0) is 16.1. The molecule has 1 heterocycles. The van der Waals surface area contributed by atoms with Crippen LogP contribution in [0.1, 0.15) is 20.7 Å². The SMILES string of the molecule is O=C(Nc1ccc(C(=O)Nn2cnnc2)cc1)c1ccccc1. The fourth-order valence-corrected chi connectivity index (χ4v) is 1.94. The van der Waals surface area contributed by atoms with Crippen LogP contribution in [0.2, 0.25) is 0 Å². The highest BCUT2D eigenvalue weighted by Gasteiger charge is 2.08. The maximum absolute atomic E-state index is 12.0. The van der Waals surface area contributed by atoms with Gasteiger partial charge in [0, 0.05) is 16.8 Å². The third-order valence-electron chi connectivity index (χ3n) is 3.09. The number of hydrogen-bond acceptors (Lipinski definition) is 4. The molecule has 0 spiro atoms. The number of carbonyl (C=O) groups is 2. The van der Waals surface area contributed by atoms with Gasteiger partial charge in [-0.25, -0.2) is 4.68 Å². The van der Waals surface area contributed by atoms with Crippen molar-refractivity contribution in [3.05, 3.63) is 78.4 Å². The number of amides is 2. The number of hydrogen-bond donors (Lipinski definition) is 2. The van der Waals surface area contributed by atoms with Crippen molar-refractivity contribution in [3.63, 3.8) is 0 Å². The van der Waals surface area contributed by atoms with Crippen LogP contribution in [-0.2, 0) is 0 Å². The lowest BCUT2D eigenvalue weighted by Crippen LogP contribution is -2.21. The largest absolute Gasteiger partial charge is 0.322 e. The second-order valence-corrected chi connectivity index (χ2v) is 4.71. The van der Waals surface area contributed by atoms with Gasteiger partial charge in [-0.3, -0.25) is 15.0 Å². The summed E-state index contributed by atoms with van der Waals surface area (Å²) in [5, 5.41) is 9.96. The van der Waals surface area contributed by atoms with E-state index in [1.807, 2.05) is 6.07 Å². The predicted octanol–water partition coefficient (Wildman–Crippen LogP) is 1.91. The van der Waals surface area contributed by atoms with Gasteiger partial charge in [-0.1, -0.05) is 18.2 Å². The van der Waals surface area contributed by atoms with Crippen molar-refractivity contribution in [1.82, 2.24) is 14.9 Å². The summed E-state index contributed by atoms with van der Waals surface area (Å²) in [5.74, 6) is -0.502. The third-order valence-corrected chi connectivity index (χ3v) is 3.09. The summed E-state index contributed by atoms with van der Waals surface area (Å²) in [4.78, 5) is 24.0. The molecule has 2 amide bonds. The Hall–Kier alpha value is -3.48. The highest BCUT2D eigenvalue weighted by atomic mass is 16.2. The minimum absolute atomic E-state index is 0.202. The molecule has 2 aromatic carbocycles. The fourth-order valence-electron chi connectivity index (χ4n) is 1.94. The summed E-state index contributed by atoms with van der Waals surface area (Å²) in [6, 6.07) is 15.5. The van der Waals surface area contributed by atoms with Crippen molar-refractivity contribution in [2.45, 2.75) is 0 Å². The van der Waals surface area contributed by atoms with Gasteiger partial charge in [-0.05, 0) is 36.4 Å².